The maximum absolute atomic E-state index is 5.47. The molecule has 0 radical (unpaired) electrons. The van der Waals surface area contributed by atoms with Crippen molar-refractivity contribution in [2.75, 3.05) is 0 Å². The maximum Gasteiger partial charge on any atom is 0.232 e. The third kappa shape index (κ3) is 3.06. The van der Waals surface area contributed by atoms with E-state index >= 15 is 0 Å². The summed E-state index contributed by atoms with van der Waals surface area (Å²) >= 11 is 0. The Morgan fingerprint density at radius 1 is 1.22 bits per heavy atom. The van der Waals surface area contributed by atoms with Gasteiger partial charge in [0.1, 0.15) is 0 Å². The van der Waals surface area contributed by atoms with Gasteiger partial charge >= 0.3 is 0 Å². The summed E-state index contributed by atoms with van der Waals surface area (Å²) in [5.74, 6) is 1.16. The van der Waals surface area contributed by atoms with Gasteiger partial charge in [0.2, 0.25) is 5.88 Å². The first-order valence-electron chi connectivity index (χ1n) is 5.82. The quantitative estimate of drug-likeness (QED) is 0.834. The first-order chi connectivity index (χ1) is 8.45. The van der Waals surface area contributed by atoms with E-state index in [-0.39, 0.29) is 5.41 Å². The average Bonchev–Trinajstić information content (AvgIpc) is 2.72. The number of rotatable bonds is 3. The standard InChI is InChI=1S/C13H17N3O2/c1-9-5-10(18-16-9)8-17-12-7-14-11(6-15-12)13(2,3)4/h5-7H,8H2,1-4H3. The van der Waals surface area contributed by atoms with E-state index in [2.05, 4.69) is 35.9 Å². The molecule has 0 saturated heterocycles. The molecule has 96 valence electrons. The fourth-order valence-electron chi connectivity index (χ4n) is 1.41. The predicted molar refractivity (Wildman–Crippen MR) is 66.3 cm³/mol. The molecule has 0 amide bonds. The molecule has 18 heavy (non-hydrogen) atoms. The maximum atomic E-state index is 5.47. The van der Waals surface area contributed by atoms with Crippen molar-refractivity contribution in [1.82, 2.24) is 15.1 Å². The molecule has 0 saturated carbocycles. The summed E-state index contributed by atoms with van der Waals surface area (Å²) in [7, 11) is 0. The Balaban J connectivity index is 1.98. The SMILES string of the molecule is Cc1cc(COc2cnc(C(C)(C)C)cn2)on1. The fourth-order valence-corrected chi connectivity index (χ4v) is 1.41. The number of nitrogens with zero attached hydrogens (tertiary/aromatic N) is 3. The van der Waals surface area contributed by atoms with Gasteiger partial charge in [-0.15, -0.1) is 0 Å². The van der Waals surface area contributed by atoms with Gasteiger partial charge in [0, 0.05) is 11.5 Å². The van der Waals surface area contributed by atoms with Gasteiger partial charge in [-0.1, -0.05) is 25.9 Å². The Labute approximate surface area is 106 Å². The molecule has 2 rings (SSSR count). The topological polar surface area (TPSA) is 61.0 Å². The zero-order chi connectivity index (χ0) is 13.2. The van der Waals surface area contributed by atoms with Crippen molar-refractivity contribution in [3.63, 3.8) is 0 Å². The molecule has 2 aromatic heterocycles. The van der Waals surface area contributed by atoms with Crippen molar-refractivity contribution in [3.05, 3.63) is 35.6 Å². The summed E-state index contributed by atoms with van der Waals surface area (Å²) in [6, 6.07) is 1.83. The van der Waals surface area contributed by atoms with Crippen LogP contribution in [0.1, 0.15) is 37.9 Å². The van der Waals surface area contributed by atoms with E-state index in [1.165, 1.54) is 0 Å². The lowest BCUT2D eigenvalue weighted by atomic mass is 9.93. The highest BCUT2D eigenvalue weighted by molar-refractivity contribution is 5.14. The zero-order valence-electron chi connectivity index (χ0n) is 11.1. The molecule has 0 aliphatic carbocycles. The second-order valence-corrected chi connectivity index (χ2v) is 5.21. The molecular formula is C13H17N3O2. The van der Waals surface area contributed by atoms with Crippen LogP contribution in [0.15, 0.2) is 23.0 Å². The molecule has 5 nitrogen and oxygen atoms in total. The number of hydrogen-bond donors (Lipinski definition) is 0. The minimum absolute atomic E-state index is 0.00638. The summed E-state index contributed by atoms with van der Waals surface area (Å²) in [5, 5.41) is 3.78. The van der Waals surface area contributed by atoms with Crippen LogP contribution < -0.4 is 4.74 Å². The van der Waals surface area contributed by atoms with Crippen molar-refractivity contribution >= 4 is 0 Å². The summed E-state index contributed by atoms with van der Waals surface area (Å²) in [6.45, 7) is 8.45. The molecular weight excluding hydrogens is 230 g/mol. The van der Waals surface area contributed by atoms with E-state index in [9.17, 15) is 0 Å². The first kappa shape index (κ1) is 12.5. The smallest absolute Gasteiger partial charge is 0.232 e. The van der Waals surface area contributed by atoms with Crippen LogP contribution in [-0.2, 0) is 12.0 Å². The highest BCUT2D eigenvalue weighted by Crippen LogP contribution is 2.20. The minimum Gasteiger partial charge on any atom is -0.468 e. The lowest BCUT2D eigenvalue weighted by molar-refractivity contribution is 0.240. The second-order valence-electron chi connectivity index (χ2n) is 5.21. The molecule has 0 atom stereocenters. The van der Waals surface area contributed by atoms with E-state index < -0.39 is 0 Å². The normalized spacial score (nSPS) is 11.6. The number of aromatic nitrogens is 3. The van der Waals surface area contributed by atoms with Crippen molar-refractivity contribution in [1.29, 1.82) is 0 Å². The predicted octanol–water partition coefficient (Wildman–Crippen LogP) is 2.65. The van der Waals surface area contributed by atoms with Gasteiger partial charge in [-0.05, 0) is 6.92 Å². The monoisotopic (exact) mass is 247 g/mol. The van der Waals surface area contributed by atoms with Gasteiger partial charge in [-0.3, -0.25) is 4.98 Å². The fraction of sp³-hybridized carbons (Fsp3) is 0.462. The molecule has 0 aromatic carbocycles. The molecule has 2 aromatic rings. The van der Waals surface area contributed by atoms with Crippen molar-refractivity contribution in [3.8, 4) is 5.88 Å². The van der Waals surface area contributed by atoms with Crippen LogP contribution in [0.3, 0.4) is 0 Å². The van der Waals surface area contributed by atoms with Crippen LogP contribution in [0.5, 0.6) is 5.88 Å². The number of aryl methyl sites for hydroxylation is 1. The number of ether oxygens (including phenoxy) is 1. The molecule has 5 heteroatoms. The van der Waals surface area contributed by atoms with Crippen LogP contribution >= 0.6 is 0 Å². The lowest BCUT2D eigenvalue weighted by Crippen LogP contribution is -2.13. The van der Waals surface area contributed by atoms with Gasteiger partial charge < -0.3 is 9.26 Å². The molecule has 0 unspecified atom stereocenters. The molecule has 0 aliphatic rings. The first-order valence-corrected chi connectivity index (χ1v) is 5.82. The summed E-state index contributed by atoms with van der Waals surface area (Å²) in [6.07, 6.45) is 3.37. The summed E-state index contributed by atoms with van der Waals surface area (Å²) in [5.41, 5.74) is 1.77. The zero-order valence-corrected chi connectivity index (χ0v) is 11.1. The Morgan fingerprint density at radius 2 is 2.00 bits per heavy atom. The van der Waals surface area contributed by atoms with Gasteiger partial charge in [0.15, 0.2) is 12.4 Å². The third-order valence-corrected chi connectivity index (χ3v) is 2.44. The molecule has 0 spiro atoms. The van der Waals surface area contributed by atoms with Crippen LogP contribution in [-0.4, -0.2) is 15.1 Å². The van der Waals surface area contributed by atoms with E-state index in [4.69, 9.17) is 9.26 Å². The second kappa shape index (κ2) is 4.76. The van der Waals surface area contributed by atoms with E-state index in [0.29, 0.717) is 18.2 Å². The Hall–Kier alpha value is -1.91. The Kier molecular flexibility index (Phi) is 3.32. The van der Waals surface area contributed by atoms with Crippen molar-refractivity contribution in [2.45, 2.75) is 39.7 Å². The van der Waals surface area contributed by atoms with Gasteiger partial charge in [-0.2, -0.15) is 0 Å². The molecule has 0 fully saturated rings. The molecule has 0 aliphatic heterocycles. The average molecular weight is 247 g/mol. The lowest BCUT2D eigenvalue weighted by Gasteiger charge is -2.16. The summed E-state index contributed by atoms with van der Waals surface area (Å²) < 4.78 is 10.5. The van der Waals surface area contributed by atoms with Crippen LogP contribution in [0.4, 0.5) is 0 Å². The largest absolute Gasteiger partial charge is 0.468 e. The molecule has 0 N–H and O–H groups in total. The van der Waals surface area contributed by atoms with Crippen molar-refractivity contribution in [2.24, 2.45) is 0 Å². The van der Waals surface area contributed by atoms with Gasteiger partial charge in [0.25, 0.3) is 0 Å². The van der Waals surface area contributed by atoms with Gasteiger partial charge in [-0.25, -0.2) is 4.98 Å². The Bertz CT molecular complexity index is 512. The van der Waals surface area contributed by atoms with Crippen LogP contribution in [0.2, 0.25) is 0 Å². The highest BCUT2D eigenvalue weighted by Gasteiger charge is 2.15. The van der Waals surface area contributed by atoms with E-state index in [1.54, 1.807) is 12.4 Å². The minimum atomic E-state index is -0.00638. The van der Waals surface area contributed by atoms with E-state index in [0.717, 1.165) is 11.4 Å². The number of hydrogen-bond acceptors (Lipinski definition) is 5. The summed E-state index contributed by atoms with van der Waals surface area (Å²) in [4.78, 5) is 8.55. The molecule has 0 bridgehead atoms. The Morgan fingerprint density at radius 3 is 2.50 bits per heavy atom. The van der Waals surface area contributed by atoms with Crippen LogP contribution in [0, 0.1) is 6.92 Å². The third-order valence-electron chi connectivity index (χ3n) is 2.44. The highest BCUT2D eigenvalue weighted by atomic mass is 16.5. The van der Waals surface area contributed by atoms with Crippen molar-refractivity contribution < 1.29 is 9.26 Å². The molecule has 2 heterocycles. The van der Waals surface area contributed by atoms with Gasteiger partial charge in [0.05, 0.1) is 23.8 Å². The van der Waals surface area contributed by atoms with Crippen LogP contribution in [0.25, 0.3) is 0 Å². The van der Waals surface area contributed by atoms with E-state index in [1.807, 2.05) is 13.0 Å².